The Kier molecular flexibility index (Phi) is 3.42. The third kappa shape index (κ3) is 2.40. The smallest absolute Gasteiger partial charge is 0.311 e. The summed E-state index contributed by atoms with van der Waals surface area (Å²) in [7, 11) is 1.83. The molecule has 0 bridgehead atoms. The van der Waals surface area contributed by atoms with Gasteiger partial charge in [0.15, 0.2) is 0 Å². The van der Waals surface area contributed by atoms with Gasteiger partial charge in [0.25, 0.3) is 5.91 Å². The first-order valence-corrected chi connectivity index (χ1v) is 7.33. The fourth-order valence-electron chi connectivity index (χ4n) is 2.50. The number of carbonyl (C=O) groups is 2. The Morgan fingerprint density at radius 2 is 2.29 bits per heavy atom. The monoisotopic (exact) mass is 309 g/mol. The molecule has 3 heterocycles. The van der Waals surface area contributed by atoms with Crippen molar-refractivity contribution in [2.24, 2.45) is 13.0 Å². The summed E-state index contributed by atoms with van der Waals surface area (Å²) >= 11 is 1.35. The highest BCUT2D eigenvalue weighted by Gasteiger charge is 2.35. The van der Waals surface area contributed by atoms with Crippen LogP contribution in [0.4, 0.5) is 0 Å². The summed E-state index contributed by atoms with van der Waals surface area (Å²) in [5.74, 6) is -1.90. The Labute approximate surface area is 124 Å². The Morgan fingerprint density at radius 3 is 2.95 bits per heavy atom. The van der Waals surface area contributed by atoms with Crippen molar-refractivity contribution < 1.29 is 19.4 Å². The van der Waals surface area contributed by atoms with Crippen molar-refractivity contribution in [2.75, 3.05) is 13.2 Å². The van der Waals surface area contributed by atoms with Gasteiger partial charge in [-0.15, -0.1) is 11.3 Å². The molecule has 1 aliphatic rings. The SMILES string of the molecule is Cc1nn(C)c2sc(C(=O)NC3COCC3C(=O)O)cc12. The molecular formula is C13H15N3O4S. The first kappa shape index (κ1) is 14.0. The molecule has 2 aromatic heterocycles. The summed E-state index contributed by atoms with van der Waals surface area (Å²) in [5.41, 5.74) is 0.871. The van der Waals surface area contributed by atoms with Gasteiger partial charge < -0.3 is 15.2 Å². The Bertz CT molecular complexity index is 686. The van der Waals surface area contributed by atoms with E-state index in [1.54, 1.807) is 10.7 Å². The summed E-state index contributed by atoms with van der Waals surface area (Å²) in [6.45, 7) is 2.26. The molecule has 8 heteroatoms. The van der Waals surface area contributed by atoms with Gasteiger partial charge in [0.2, 0.25) is 0 Å². The van der Waals surface area contributed by atoms with E-state index >= 15 is 0 Å². The van der Waals surface area contributed by atoms with Crippen molar-refractivity contribution in [3.05, 3.63) is 16.6 Å². The lowest BCUT2D eigenvalue weighted by atomic mass is 10.0. The lowest BCUT2D eigenvalue weighted by Crippen LogP contribution is -2.42. The van der Waals surface area contributed by atoms with Crippen LogP contribution >= 0.6 is 11.3 Å². The highest BCUT2D eigenvalue weighted by atomic mass is 32.1. The lowest BCUT2D eigenvalue weighted by Gasteiger charge is -2.14. The molecule has 0 aromatic carbocycles. The molecule has 7 nitrogen and oxygen atoms in total. The van der Waals surface area contributed by atoms with Crippen LogP contribution in [0.2, 0.25) is 0 Å². The Hall–Kier alpha value is -1.93. The molecule has 0 spiro atoms. The normalized spacial score (nSPS) is 21.8. The van der Waals surface area contributed by atoms with Gasteiger partial charge in [-0.05, 0) is 13.0 Å². The lowest BCUT2D eigenvalue weighted by molar-refractivity contribution is -0.142. The fourth-order valence-corrected chi connectivity index (χ4v) is 3.52. The summed E-state index contributed by atoms with van der Waals surface area (Å²) in [5, 5.41) is 17.1. The molecular weight excluding hydrogens is 294 g/mol. The first-order valence-electron chi connectivity index (χ1n) is 6.52. The number of ether oxygens (including phenoxy) is 1. The van der Waals surface area contributed by atoms with Gasteiger partial charge in [-0.3, -0.25) is 14.3 Å². The van der Waals surface area contributed by atoms with E-state index in [-0.39, 0.29) is 19.1 Å². The number of rotatable bonds is 3. The van der Waals surface area contributed by atoms with E-state index in [2.05, 4.69) is 10.4 Å². The van der Waals surface area contributed by atoms with E-state index in [0.717, 1.165) is 15.9 Å². The zero-order chi connectivity index (χ0) is 15.1. The van der Waals surface area contributed by atoms with Gasteiger partial charge >= 0.3 is 5.97 Å². The van der Waals surface area contributed by atoms with Crippen LogP contribution in [0.15, 0.2) is 6.07 Å². The van der Waals surface area contributed by atoms with Gasteiger partial charge in [0.05, 0.1) is 29.8 Å². The van der Waals surface area contributed by atoms with Crippen molar-refractivity contribution in [1.29, 1.82) is 0 Å². The van der Waals surface area contributed by atoms with Crippen LogP contribution in [0.5, 0.6) is 0 Å². The molecule has 1 fully saturated rings. The van der Waals surface area contributed by atoms with Crippen LogP contribution in [0.3, 0.4) is 0 Å². The maximum atomic E-state index is 12.3. The minimum atomic E-state index is -0.950. The van der Waals surface area contributed by atoms with Gasteiger partial charge in [0, 0.05) is 12.4 Å². The number of nitrogens with one attached hydrogen (secondary N) is 1. The molecule has 2 unspecified atom stereocenters. The number of carbonyl (C=O) groups excluding carboxylic acids is 1. The number of thiophene rings is 1. The van der Waals surface area contributed by atoms with Crippen LogP contribution in [0.1, 0.15) is 15.4 Å². The number of carboxylic acids is 1. The van der Waals surface area contributed by atoms with Gasteiger partial charge in [0.1, 0.15) is 10.7 Å². The second-order valence-corrected chi connectivity index (χ2v) is 6.13. The molecule has 1 aliphatic heterocycles. The summed E-state index contributed by atoms with van der Waals surface area (Å²) in [6, 6.07) is 1.31. The number of fused-ring (bicyclic) bond motifs is 1. The quantitative estimate of drug-likeness (QED) is 0.873. The average Bonchev–Trinajstić information content (AvgIpc) is 3.08. The highest BCUT2D eigenvalue weighted by molar-refractivity contribution is 7.20. The molecule has 0 radical (unpaired) electrons. The van der Waals surface area contributed by atoms with Gasteiger partial charge in [-0.1, -0.05) is 0 Å². The fraction of sp³-hybridized carbons (Fsp3) is 0.462. The molecule has 21 heavy (non-hydrogen) atoms. The molecule has 1 saturated heterocycles. The molecule has 2 aromatic rings. The Balaban J connectivity index is 1.81. The predicted octanol–water partition coefficient (Wildman–Crippen LogP) is 0.773. The molecule has 2 N–H and O–H groups in total. The standard InChI is InChI=1S/C13H15N3O4S/c1-6-7-3-10(21-12(7)16(2)15-6)11(17)14-9-5-20-4-8(9)13(18)19/h3,8-9H,4-5H2,1-2H3,(H,14,17)(H,18,19). The van der Waals surface area contributed by atoms with E-state index in [1.807, 2.05) is 14.0 Å². The summed E-state index contributed by atoms with van der Waals surface area (Å²) in [4.78, 5) is 24.8. The minimum absolute atomic E-state index is 0.135. The van der Waals surface area contributed by atoms with Crippen molar-refractivity contribution in [3.63, 3.8) is 0 Å². The van der Waals surface area contributed by atoms with Crippen LogP contribution in [0.25, 0.3) is 10.2 Å². The number of carboxylic acid groups (broad SMARTS) is 1. The zero-order valence-corrected chi connectivity index (χ0v) is 12.4. The number of nitrogens with zero attached hydrogens (tertiary/aromatic N) is 2. The summed E-state index contributed by atoms with van der Waals surface area (Å²) < 4.78 is 6.88. The first-order chi connectivity index (χ1) is 9.97. The van der Waals surface area contributed by atoms with Crippen LogP contribution in [-0.4, -0.2) is 46.0 Å². The van der Waals surface area contributed by atoms with Crippen LogP contribution < -0.4 is 5.32 Å². The van der Waals surface area contributed by atoms with Crippen molar-refractivity contribution in [2.45, 2.75) is 13.0 Å². The van der Waals surface area contributed by atoms with Crippen LogP contribution in [-0.2, 0) is 16.6 Å². The van der Waals surface area contributed by atoms with Gasteiger partial charge in [-0.25, -0.2) is 0 Å². The third-order valence-electron chi connectivity index (χ3n) is 3.63. The maximum absolute atomic E-state index is 12.3. The van der Waals surface area contributed by atoms with E-state index in [9.17, 15) is 9.59 Å². The van der Waals surface area contributed by atoms with Gasteiger partial charge in [-0.2, -0.15) is 5.10 Å². The number of aromatic nitrogens is 2. The second-order valence-electron chi connectivity index (χ2n) is 5.10. The number of amides is 1. The maximum Gasteiger partial charge on any atom is 0.311 e. The Morgan fingerprint density at radius 1 is 1.52 bits per heavy atom. The van der Waals surface area contributed by atoms with E-state index in [4.69, 9.17) is 9.84 Å². The second kappa shape index (κ2) is 5.12. The van der Waals surface area contributed by atoms with Crippen LogP contribution in [0, 0.1) is 12.8 Å². The zero-order valence-electron chi connectivity index (χ0n) is 11.6. The molecule has 0 saturated carbocycles. The molecule has 1 amide bonds. The van der Waals surface area contributed by atoms with E-state index < -0.39 is 17.9 Å². The number of hydrogen-bond donors (Lipinski definition) is 2. The molecule has 112 valence electrons. The molecule has 2 atom stereocenters. The largest absolute Gasteiger partial charge is 0.481 e. The molecule has 3 rings (SSSR count). The van der Waals surface area contributed by atoms with Crippen molar-refractivity contribution >= 4 is 33.4 Å². The predicted molar refractivity (Wildman–Crippen MR) is 76.5 cm³/mol. The number of aryl methyl sites for hydroxylation is 2. The third-order valence-corrected chi connectivity index (χ3v) is 4.83. The van der Waals surface area contributed by atoms with Crippen molar-refractivity contribution in [1.82, 2.24) is 15.1 Å². The average molecular weight is 309 g/mol. The number of aliphatic carboxylic acids is 1. The summed E-state index contributed by atoms with van der Waals surface area (Å²) in [6.07, 6.45) is 0. The van der Waals surface area contributed by atoms with E-state index in [1.165, 1.54) is 11.3 Å². The highest BCUT2D eigenvalue weighted by Crippen LogP contribution is 2.28. The van der Waals surface area contributed by atoms with E-state index in [0.29, 0.717) is 4.88 Å². The van der Waals surface area contributed by atoms with Crippen molar-refractivity contribution in [3.8, 4) is 0 Å². The topological polar surface area (TPSA) is 93.5 Å². The number of hydrogen-bond acceptors (Lipinski definition) is 5. The molecule has 0 aliphatic carbocycles. The minimum Gasteiger partial charge on any atom is -0.481 e.